The quantitative estimate of drug-likeness (QED) is 0.769. The summed E-state index contributed by atoms with van der Waals surface area (Å²) in [6.07, 6.45) is 6.57. The van der Waals surface area contributed by atoms with Crippen LogP contribution in [0.1, 0.15) is 24.8 Å². The highest BCUT2D eigenvalue weighted by Crippen LogP contribution is 2.22. The van der Waals surface area contributed by atoms with E-state index < -0.39 is 0 Å². The van der Waals surface area contributed by atoms with Crippen molar-refractivity contribution in [2.45, 2.75) is 25.8 Å². The third-order valence-corrected chi connectivity index (χ3v) is 4.20. The average molecular weight is 324 g/mol. The normalized spacial score (nSPS) is 13.9. The van der Waals surface area contributed by atoms with E-state index in [9.17, 15) is 4.79 Å². The number of amides is 1. The molecule has 126 valence electrons. The van der Waals surface area contributed by atoms with Crippen molar-refractivity contribution in [1.29, 1.82) is 0 Å². The Morgan fingerprint density at radius 1 is 1.12 bits per heavy atom. The Kier molecular flexibility index (Phi) is 5.80. The van der Waals surface area contributed by atoms with Gasteiger partial charge in [0, 0.05) is 56.4 Å². The zero-order chi connectivity index (χ0) is 16.6. The molecule has 2 aromatic rings. The van der Waals surface area contributed by atoms with Crippen LogP contribution in [-0.2, 0) is 11.3 Å². The lowest BCUT2D eigenvalue weighted by Gasteiger charge is -2.17. The zero-order valence-electron chi connectivity index (χ0n) is 13.9. The fourth-order valence-electron chi connectivity index (χ4n) is 2.89. The summed E-state index contributed by atoms with van der Waals surface area (Å²) in [5.74, 6) is 0.0302. The van der Waals surface area contributed by atoms with Gasteiger partial charge in [-0.15, -0.1) is 0 Å². The molecule has 1 fully saturated rings. The van der Waals surface area contributed by atoms with E-state index in [0.29, 0.717) is 13.0 Å². The first-order valence-corrected chi connectivity index (χ1v) is 8.56. The molecule has 0 unspecified atom stereocenters. The van der Waals surface area contributed by atoms with Crippen LogP contribution in [0.2, 0.25) is 0 Å². The molecule has 1 saturated heterocycles. The van der Waals surface area contributed by atoms with Crippen molar-refractivity contribution in [2.75, 3.05) is 29.9 Å². The molecule has 0 saturated carbocycles. The minimum atomic E-state index is 0.0302. The van der Waals surface area contributed by atoms with Crippen molar-refractivity contribution >= 4 is 17.3 Å². The maximum Gasteiger partial charge on any atom is 0.225 e. The predicted molar refractivity (Wildman–Crippen MR) is 97.1 cm³/mol. The number of anilines is 2. The molecular weight excluding hydrogens is 300 g/mol. The lowest BCUT2D eigenvalue weighted by atomic mass is 10.2. The van der Waals surface area contributed by atoms with Crippen molar-refractivity contribution in [3.05, 3.63) is 54.4 Å². The number of rotatable bonds is 7. The first-order chi connectivity index (χ1) is 11.8. The van der Waals surface area contributed by atoms with Gasteiger partial charge in [-0.05, 0) is 48.7 Å². The molecule has 0 radical (unpaired) electrons. The van der Waals surface area contributed by atoms with E-state index in [1.807, 2.05) is 30.5 Å². The van der Waals surface area contributed by atoms with E-state index in [4.69, 9.17) is 0 Å². The number of nitrogens with zero attached hydrogens (tertiary/aromatic N) is 2. The van der Waals surface area contributed by atoms with Gasteiger partial charge in [-0.2, -0.15) is 0 Å². The van der Waals surface area contributed by atoms with Crippen LogP contribution in [0.5, 0.6) is 0 Å². The standard InChI is InChI=1S/C19H24N4O/c24-19(9-11-21-15-16-4-3-10-20-14-16)22-17-5-7-18(8-6-17)23-12-1-2-13-23/h3-8,10,14,21H,1-2,9,11-13,15H2,(H,22,24). The fourth-order valence-corrected chi connectivity index (χ4v) is 2.89. The number of nitrogens with one attached hydrogen (secondary N) is 2. The van der Waals surface area contributed by atoms with Gasteiger partial charge in [0.25, 0.3) is 0 Å². The molecule has 0 aliphatic carbocycles. The second kappa shape index (κ2) is 8.45. The molecule has 5 heteroatoms. The monoisotopic (exact) mass is 324 g/mol. The van der Waals surface area contributed by atoms with Crippen molar-refractivity contribution in [1.82, 2.24) is 10.3 Å². The predicted octanol–water partition coefficient (Wildman–Crippen LogP) is 2.80. The average Bonchev–Trinajstić information content (AvgIpc) is 3.15. The van der Waals surface area contributed by atoms with Crippen LogP contribution in [0.25, 0.3) is 0 Å². The van der Waals surface area contributed by atoms with Crippen LogP contribution in [0.15, 0.2) is 48.8 Å². The molecule has 1 aliphatic rings. The first-order valence-electron chi connectivity index (χ1n) is 8.56. The van der Waals surface area contributed by atoms with Crippen LogP contribution in [0, 0.1) is 0 Å². The number of pyridine rings is 1. The molecule has 2 heterocycles. The highest BCUT2D eigenvalue weighted by molar-refractivity contribution is 5.91. The number of carbonyl (C=O) groups is 1. The fraction of sp³-hybridized carbons (Fsp3) is 0.368. The van der Waals surface area contributed by atoms with E-state index in [0.717, 1.165) is 30.9 Å². The van der Waals surface area contributed by atoms with Gasteiger partial charge in [-0.1, -0.05) is 6.07 Å². The van der Waals surface area contributed by atoms with Gasteiger partial charge in [-0.25, -0.2) is 0 Å². The highest BCUT2D eigenvalue weighted by Gasteiger charge is 2.12. The minimum Gasteiger partial charge on any atom is -0.372 e. The van der Waals surface area contributed by atoms with Crippen molar-refractivity contribution in [3.8, 4) is 0 Å². The molecule has 1 aromatic carbocycles. The molecule has 5 nitrogen and oxygen atoms in total. The number of carbonyl (C=O) groups excluding carboxylic acids is 1. The highest BCUT2D eigenvalue weighted by atomic mass is 16.1. The summed E-state index contributed by atoms with van der Waals surface area (Å²) in [6, 6.07) is 12.1. The molecule has 0 bridgehead atoms. The first kappa shape index (κ1) is 16.5. The van der Waals surface area contributed by atoms with Crippen molar-refractivity contribution < 1.29 is 4.79 Å². The molecule has 1 aliphatic heterocycles. The Balaban J connectivity index is 1.38. The summed E-state index contributed by atoms with van der Waals surface area (Å²) in [5.41, 5.74) is 3.22. The third kappa shape index (κ3) is 4.80. The van der Waals surface area contributed by atoms with Gasteiger partial charge < -0.3 is 15.5 Å². The molecule has 3 rings (SSSR count). The van der Waals surface area contributed by atoms with E-state index >= 15 is 0 Å². The topological polar surface area (TPSA) is 57.3 Å². The molecule has 1 amide bonds. The summed E-state index contributed by atoms with van der Waals surface area (Å²) in [7, 11) is 0. The lowest BCUT2D eigenvalue weighted by molar-refractivity contribution is -0.116. The Hall–Kier alpha value is -2.40. The molecular formula is C19H24N4O. The summed E-state index contributed by atoms with van der Waals surface area (Å²) in [4.78, 5) is 18.4. The zero-order valence-corrected chi connectivity index (χ0v) is 13.9. The molecule has 24 heavy (non-hydrogen) atoms. The summed E-state index contributed by atoms with van der Waals surface area (Å²) < 4.78 is 0. The number of benzene rings is 1. The van der Waals surface area contributed by atoms with Crippen LogP contribution in [0.3, 0.4) is 0 Å². The Bertz CT molecular complexity index is 636. The van der Waals surface area contributed by atoms with Crippen LogP contribution in [-0.4, -0.2) is 30.5 Å². The second-order valence-corrected chi connectivity index (χ2v) is 6.08. The lowest BCUT2D eigenvalue weighted by Crippen LogP contribution is -2.21. The van der Waals surface area contributed by atoms with Crippen LogP contribution < -0.4 is 15.5 Å². The molecule has 0 atom stereocenters. The SMILES string of the molecule is O=C(CCNCc1cccnc1)Nc1ccc(N2CCCC2)cc1. The van der Waals surface area contributed by atoms with Gasteiger partial charge in [0.05, 0.1) is 0 Å². The van der Waals surface area contributed by atoms with Gasteiger partial charge in [0.1, 0.15) is 0 Å². The van der Waals surface area contributed by atoms with E-state index in [2.05, 4.69) is 32.7 Å². The van der Waals surface area contributed by atoms with Gasteiger partial charge in [-0.3, -0.25) is 9.78 Å². The van der Waals surface area contributed by atoms with E-state index in [-0.39, 0.29) is 5.91 Å². The molecule has 1 aromatic heterocycles. The van der Waals surface area contributed by atoms with Gasteiger partial charge in [0.15, 0.2) is 0 Å². The Morgan fingerprint density at radius 2 is 1.92 bits per heavy atom. The minimum absolute atomic E-state index is 0.0302. The van der Waals surface area contributed by atoms with E-state index in [1.54, 1.807) is 6.20 Å². The smallest absolute Gasteiger partial charge is 0.225 e. The Labute approximate surface area is 143 Å². The number of aromatic nitrogens is 1. The molecule has 0 spiro atoms. The summed E-state index contributed by atoms with van der Waals surface area (Å²) >= 11 is 0. The van der Waals surface area contributed by atoms with E-state index in [1.165, 1.54) is 18.5 Å². The van der Waals surface area contributed by atoms with Crippen molar-refractivity contribution in [3.63, 3.8) is 0 Å². The number of hydrogen-bond acceptors (Lipinski definition) is 4. The maximum atomic E-state index is 12.0. The van der Waals surface area contributed by atoms with Crippen LogP contribution >= 0.6 is 0 Å². The maximum absolute atomic E-state index is 12.0. The largest absolute Gasteiger partial charge is 0.372 e. The Morgan fingerprint density at radius 3 is 2.62 bits per heavy atom. The second-order valence-electron chi connectivity index (χ2n) is 6.08. The molecule has 2 N–H and O–H groups in total. The third-order valence-electron chi connectivity index (χ3n) is 4.20. The van der Waals surface area contributed by atoms with Gasteiger partial charge in [0.2, 0.25) is 5.91 Å². The van der Waals surface area contributed by atoms with Gasteiger partial charge >= 0.3 is 0 Å². The number of hydrogen-bond donors (Lipinski definition) is 2. The van der Waals surface area contributed by atoms with Crippen molar-refractivity contribution in [2.24, 2.45) is 0 Å². The summed E-state index contributed by atoms with van der Waals surface area (Å²) in [5, 5.41) is 6.21. The summed E-state index contributed by atoms with van der Waals surface area (Å²) in [6.45, 7) is 3.64. The van der Waals surface area contributed by atoms with Crippen LogP contribution in [0.4, 0.5) is 11.4 Å².